The number of nitrogen functional groups attached to an aromatic ring is 1. The molecule has 3 rings (SSSR count). The minimum absolute atomic E-state index is 0.244. The average molecular weight is 547 g/mol. The number of benzene rings is 2. The minimum Gasteiger partial charge on any atom is -0.383 e. The van der Waals surface area contributed by atoms with Gasteiger partial charge in [0.1, 0.15) is 17.2 Å². The van der Waals surface area contributed by atoms with Crippen molar-refractivity contribution in [2.75, 3.05) is 25.9 Å². The minimum atomic E-state index is -5.41. The van der Waals surface area contributed by atoms with Gasteiger partial charge in [-0.05, 0) is 36.4 Å². The van der Waals surface area contributed by atoms with E-state index in [-0.39, 0.29) is 22.0 Å². The lowest BCUT2D eigenvalue weighted by molar-refractivity contribution is -0.259. The maximum Gasteiger partial charge on any atom is 0.420 e. The number of anilines is 1. The van der Waals surface area contributed by atoms with Crippen molar-refractivity contribution >= 4 is 17.6 Å². The largest absolute Gasteiger partial charge is 0.420 e. The number of hydrogen-bond acceptors (Lipinski definition) is 5. The van der Waals surface area contributed by atoms with Crippen LogP contribution in [0.4, 0.5) is 36.6 Å². The number of nitrogens with one attached hydrogen (secondary N) is 1. The van der Waals surface area contributed by atoms with E-state index < -0.39 is 59.8 Å². The van der Waals surface area contributed by atoms with Crippen LogP contribution in [0.5, 0.6) is 0 Å². The van der Waals surface area contributed by atoms with Crippen molar-refractivity contribution in [1.82, 2.24) is 20.0 Å². The molecular formula is C23H20F7N5O3. The lowest BCUT2D eigenvalue weighted by atomic mass is 10.0. The van der Waals surface area contributed by atoms with Gasteiger partial charge in [0.2, 0.25) is 0 Å². The molecule has 1 unspecified atom stereocenters. The molecule has 0 aliphatic rings. The van der Waals surface area contributed by atoms with Gasteiger partial charge in [0, 0.05) is 7.05 Å². The number of nitrogens with two attached hydrogens (primary N) is 1. The number of halogens is 7. The van der Waals surface area contributed by atoms with E-state index >= 15 is 0 Å². The number of likely N-dealkylation sites (N-methyl/N-ethyl adjacent to an activating group) is 1. The molecule has 8 nitrogen and oxygen atoms in total. The normalized spacial score (nSPS) is 13.6. The topological polar surface area (TPSA) is 113 Å². The number of amides is 2. The lowest BCUT2D eigenvalue weighted by Gasteiger charge is -2.34. The molecule has 1 atom stereocenters. The summed E-state index contributed by atoms with van der Waals surface area (Å²) in [5, 5.41) is 16.1. The fourth-order valence-electron chi connectivity index (χ4n) is 3.47. The number of hydrogen-bond donors (Lipinski definition) is 3. The molecule has 0 aliphatic heterocycles. The fourth-order valence-corrected chi connectivity index (χ4v) is 3.47. The van der Waals surface area contributed by atoms with Gasteiger partial charge in [0.05, 0.1) is 36.1 Å². The van der Waals surface area contributed by atoms with Crippen LogP contribution in [-0.2, 0) is 6.18 Å². The quantitative estimate of drug-likeness (QED) is 0.393. The third kappa shape index (κ3) is 5.88. The highest BCUT2D eigenvalue weighted by Crippen LogP contribution is 2.34. The fraction of sp³-hybridized carbons (Fsp3) is 0.261. The molecule has 0 aliphatic carbocycles. The first-order valence-electron chi connectivity index (χ1n) is 10.6. The Morgan fingerprint density at radius 3 is 2.21 bits per heavy atom. The van der Waals surface area contributed by atoms with Crippen LogP contribution in [0, 0.1) is 5.82 Å². The molecule has 2 amide bonds. The second kappa shape index (κ2) is 10.3. The summed E-state index contributed by atoms with van der Waals surface area (Å²) in [4.78, 5) is 25.4. The van der Waals surface area contributed by atoms with E-state index in [1.54, 1.807) is 0 Å². The van der Waals surface area contributed by atoms with Gasteiger partial charge in [-0.1, -0.05) is 12.1 Å². The first-order chi connectivity index (χ1) is 17.5. The smallest absolute Gasteiger partial charge is 0.383 e. The lowest BCUT2D eigenvalue weighted by Crippen LogP contribution is -2.60. The Hall–Kier alpha value is -4.14. The number of rotatable bonds is 7. The van der Waals surface area contributed by atoms with E-state index in [1.807, 2.05) is 5.32 Å². The van der Waals surface area contributed by atoms with Crippen LogP contribution in [0.15, 0.2) is 54.7 Å². The predicted octanol–water partition coefficient (Wildman–Crippen LogP) is 3.41. The monoisotopic (exact) mass is 547 g/mol. The summed E-state index contributed by atoms with van der Waals surface area (Å²) in [6, 6.07) is 8.23. The summed E-state index contributed by atoms with van der Waals surface area (Å²) >= 11 is 0. The van der Waals surface area contributed by atoms with Gasteiger partial charge in [0.15, 0.2) is 5.60 Å². The third-order valence-corrected chi connectivity index (χ3v) is 5.50. The Labute approximate surface area is 210 Å². The molecule has 0 radical (unpaired) electrons. The average Bonchev–Trinajstić information content (AvgIpc) is 3.22. The van der Waals surface area contributed by atoms with Crippen LogP contribution >= 0.6 is 0 Å². The molecule has 2 aromatic carbocycles. The molecule has 15 heteroatoms. The summed E-state index contributed by atoms with van der Waals surface area (Å²) in [6.07, 6.45) is -9.44. The van der Waals surface area contributed by atoms with Crippen LogP contribution in [0.3, 0.4) is 0 Å². The Kier molecular flexibility index (Phi) is 7.72. The number of alkyl halides is 6. The molecule has 0 fully saturated rings. The van der Waals surface area contributed by atoms with E-state index in [9.17, 15) is 45.4 Å². The highest BCUT2D eigenvalue weighted by Gasteiger charge is 2.55. The Morgan fingerprint density at radius 1 is 1.03 bits per heavy atom. The zero-order chi connectivity index (χ0) is 28.5. The van der Waals surface area contributed by atoms with Crippen LogP contribution < -0.4 is 11.1 Å². The Morgan fingerprint density at radius 2 is 1.63 bits per heavy atom. The zero-order valence-corrected chi connectivity index (χ0v) is 19.4. The molecule has 0 spiro atoms. The second-order valence-electron chi connectivity index (χ2n) is 8.25. The van der Waals surface area contributed by atoms with Gasteiger partial charge in [-0.3, -0.25) is 9.59 Å². The molecule has 0 saturated heterocycles. The molecule has 0 saturated carbocycles. The summed E-state index contributed by atoms with van der Waals surface area (Å²) < 4.78 is 95.3. The molecule has 0 bridgehead atoms. The number of aliphatic hydroxyl groups is 1. The molecule has 204 valence electrons. The van der Waals surface area contributed by atoms with Gasteiger partial charge >= 0.3 is 12.4 Å². The van der Waals surface area contributed by atoms with E-state index in [0.717, 1.165) is 48.3 Å². The van der Waals surface area contributed by atoms with Gasteiger partial charge in [-0.2, -0.15) is 31.4 Å². The Balaban J connectivity index is 1.79. The Bertz CT molecular complexity index is 1320. The van der Waals surface area contributed by atoms with Crippen molar-refractivity contribution in [3.63, 3.8) is 0 Å². The molecule has 38 heavy (non-hydrogen) atoms. The van der Waals surface area contributed by atoms with E-state index in [4.69, 9.17) is 5.73 Å². The van der Waals surface area contributed by atoms with Crippen molar-refractivity contribution in [2.45, 2.75) is 18.0 Å². The summed E-state index contributed by atoms with van der Waals surface area (Å²) in [5.41, 5.74) is -0.312. The first-order valence-corrected chi connectivity index (χ1v) is 10.6. The van der Waals surface area contributed by atoms with Crippen LogP contribution in [0.2, 0.25) is 0 Å². The summed E-state index contributed by atoms with van der Waals surface area (Å²) in [7, 11) is 0.777. The third-order valence-electron chi connectivity index (χ3n) is 5.50. The maximum atomic E-state index is 13.8. The van der Waals surface area contributed by atoms with Crippen LogP contribution in [0.1, 0.15) is 26.3 Å². The zero-order valence-electron chi connectivity index (χ0n) is 19.4. The standard InChI is InChI=1S/C23H20F7N5O3/c1-34(20(37)15-4-2-3-5-17(15)22(25,26)27)12-21(38,23(28,29)30)11-32-19(36)16-10-33-35(18(16)31)14-8-6-13(24)7-9-14/h2-10,38H,11-12,31H2,1H3,(H,32,36). The number of carbonyl (C=O) groups excluding carboxylic acids is 2. The highest BCUT2D eigenvalue weighted by molar-refractivity contribution is 5.98. The van der Waals surface area contributed by atoms with Crippen molar-refractivity contribution in [3.05, 3.63) is 77.2 Å². The highest BCUT2D eigenvalue weighted by atomic mass is 19.4. The molecule has 1 aromatic heterocycles. The second-order valence-corrected chi connectivity index (χ2v) is 8.25. The van der Waals surface area contributed by atoms with Crippen LogP contribution in [-0.4, -0.2) is 63.5 Å². The van der Waals surface area contributed by atoms with Gasteiger partial charge < -0.3 is 21.1 Å². The summed E-state index contributed by atoms with van der Waals surface area (Å²) in [6.45, 7) is -2.98. The molecule has 1 heterocycles. The van der Waals surface area contributed by atoms with E-state index in [0.29, 0.717) is 6.07 Å². The van der Waals surface area contributed by atoms with Crippen LogP contribution in [0.25, 0.3) is 5.69 Å². The van der Waals surface area contributed by atoms with E-state index in [1.165, 1.54) is 12.1 Å². The molecule has 4 N–H and O–H groups in total. The maximum absolute atomic E-state index is 13.8. The first kappa shape index (κ1) is 28.4. The number of nitrogens with zero attached hydrogens (tertiary/aromatic N) is 3. The predicted molar refractivity (Wildman–Crippen MR) is 120 cm³/mol. The number of aromatic nitrogens is 2. The van der Waals surface area contributed by atoms with Gasteiger partial charge in [-0.15, -0.1) is 0 Å². The molecule has 3 aromatic rings. The van der Waals surface area contributed by atoms with Crippen molar-refractivity contribution in [3.8, 4) is 5.69 Å². The van der Waals surface area contributed by atoms with Crippen molar-refractivity contribution < 1.29 is 45.4 Å². The van der Waals surface area contributed by atoms with E-state index in [2.05, 4.69) is 5.10 Å². The van der Waals surface area contributed by atoms with Gasteiger partial charge in [0.25, 0.3) is 11.8 Å². The van der Waals surface area contributed by atoms with Gasteiger partial charge in [-0.25, -0.2) is 9.07 Å². The van der Waals surface area contributed by atoms with Crippen molar-refractivity contribution in [2.24, 2.45) is 0 Å². The summed E-state index contributed by atoms with van der Waals surface area (Å²) in [5.74, 6) is -3.47. The molecular weight excluding hydrogens is 527 g/mol. The van der Waals surface area contributed by atoms with Crippen molar-refractivity contribution in [1.29, 1.82) is 0 Å². The SMILES string of the molecule is CN(CC(O)(CNC(=O)c1cnn(-c2ccc(F)cc2)c1N)C(F)(F)F)C(=O)c1ccccc1C(F)(F)F. The number of carbonyl (C=O) groups is 2.